The molecule has 0 unspecified atom stereocenters. The zero-order chi connectivity index (χ0) is 30.5. The Balaban J connectivity index is 1.20. The van der Waals surface area contributed by atoms with Crippen LogP contribution in [0.4, 0.5) is 34.1 Å². The highest BCUT2D eigenvalue weighted by molar-refractivity contribution is 6.15. The SMILES string of the molecule is c1ccc(-c2cccc(N(c3ccccc3)c3ccc(N4c5cc6ccccc6cc5-c5cccc6cccc4c56)cc3)c2)cc1. The predicted octanol–water partition coefficient (Wildman–Crippen LogP) is 12.6. The van der Waals surface area contributed by atoms with Crippen molar-refractivity contribution in [2.45, 2.75) is 0 Å². The van der Waals surface area contributed by atoms with E-state index < -0.39 is 0 Å². The second kappa shape index (κ2) is 10.8. The molecule has 0 amide bonds. The van der Waals surface area contributed by atoms with Crippen LogP contribution in [-0.2, 0) is 0 Å². The topological polar surface area (TPSA) is 6.48 Å². The molecule has 1 heterocycles. The van der Waals surface area contributed by atoms with Gasteiger partial charge in [0.1, 0.15) is 0 Å². The highest BCUT2D eigenvalue weighted by atomic mass is 15.2. The largest absolute Gasteiger partial charge is 0.310 e. The van der Waals surface area contributed by atoms with Gasteiger partial charge in [0, 0.05) is 33.7 Å². The maximum Gasteiger partial charge on any atom is 0.0546 e. The maximum absolute atomic E-state index is 2.43. The van der Waals surface area contributed by atoms with Crippen LogP contribution in [0.25, 0.3) is 43.8 Å². The van der Waals surface area contributed by atoms with Crippen LogP contribution in [0.5, 0.6) is 0 Å². The van der Waals surface area contributed by atoms with Crippen LogP contribution < -0.4 is 9.80 Å². The molecule has 0 N–H and O–H groups in total. The van der Waals surface area contributed by atoms with Crippen molar-refractivity contribution in [2.75, 3.05) is 9.80 Å². The summed E-state index contributed by atoms with van der Waals surface area (Å²) >= 11 is 0. The third-order valence-corrected chi connectivity index (χ3v) is 9.11. The smallest absolute Gasteiger partial charge is 0.0546 e. The van der Waals surface area contributed by atoms with Crippen molar-refractivity contribution < 1.29 is 0 Å². The minimum absolute atomic E-state index is 1.11. The Morgan fingerprint density at radius 2 is 0.935 bits per heavy atom. The molecule has 0 saturated heterocycles. The number of para-hydroxylation sites is 1. The molecular formula is C44H30N2. The van der Waals surface area contributed by atoms with Crippen LogP contribution in [0, 0.1) is 0 Å². The zero-order valence-corrected chi connectivity index (χ0v) is 25.2. The molecule has 0 spiro atoms. The van der Waals surface area contributed by atoms with Gasteiger partial charge in [0.25, 0.3) is 0 Å². The molecule has 1 aliphatic rings. The van der Waals surface area contributed by atoms with Gasteiger partial charge in [-0.3, -0.25) is 0 Å². The number of nitrogens with zero attached hydrogens (tertiary/aromatic N) is 2. The lowest BCUT2D eigenvalue weighted by Gasteiger charge is -2.34. The fraction of sp³-hybridized carbons (Fsp3) is 0. The normalized spacial score (nSPS) is 11.9. The maximum atomic E-state index is 2.43. The summed E-state index contributed by atoms with van der Waals surface area (Å²) in [5.74, 6) is 0. The van der Waals surface area contributed by atoms with Gasteiger partial charge < -0.3 is 9.80 Å². The van der Waals surface area contributed by atoms with Crippen LogP contribution in [0.1, 0.15) is 0 Å². The molecular weight excluding hydrogens is 556 g/mol. The molecule has 0 fully saturated rings. The van der Waals surface area contributed by atoms with Gasteiger partial charge in [0.05, 0.1) is 11.4 Å². The Morgan fingerprint density at radius 1 is 0.348 bits per heavy atom. The van der Waals surface area contributed by atoms with E-state index >= 15 is 0 Å². The lowest BCUT2D eigenvalue weighted by atomic mass is 9.89. The summed E-state index contributed by atoms with van der Waals surface area (Å²) < 4.78 is 0. The van der Waals surface area contributed by atoms with Crippen LogP contribution in [0.15, 0.2) is 182 Å². The van der Waals surface area contributed by atoms with E-state index in [0.29, 0.717) is 0 Å². The number of hydrogen-bond acceptors (Lipinski definition) is 2. The van der Waals surface area contributed by atoms with Gasteiger partial charge in [0.15, 0.2) is 0 Å². The average molecular weight is 587 g/mol. The molecule has 0 radical (unpaired) electrons. The van der Waals surface area contributed by atoms with Crippen molar-refractivity contribution >= 4 is 55.7 Å². The average Bonchev–Trinajstić information content (AvgIpc) is 3.13. The Kier molecular flexibility index (Phi) is 6.17. The first kappa shape index (κ1) is 26.3. The van der Waals surface area contributed by atoms with Gasteiger partial charge in [-0.05, 0) is 99.6 Å². The Morgan fingerprint density at radius 3 is 1.72 bits per heavy atom. The Bertz CT molecular complexity index is 2350. The van der Waals surface area contributed by atoms with E-state index in [1.807, 2.05) is 0 Å². The van der Waals surface area contributed by atoms with E-state index in [9.17, 15) is 0 Å². The first-order valence-electron chi connectivity index (χ1n) is 15.8. The molecule has 46 heavy (non-hydrogen) atoms. The van der Waals surface area contributed by atoms with Crippen molar-refractivity contribution in [2.24, 2.45) is 0 Å². The van der Waals surface area contributed by atoms with Gasteiger partial charge in [-0.1, -0.05) is 115 Å². The van der Waals surface area contributed by atoms with Gasteiger partial charge >= 0.3 is 0 Å². The predicted molar refractivity (Wildman–Crippen MR) is 195 cm³/mol. The molecule has 8 aromatic rings. The first-order valence-corrected chi connectivity index (χ1v) is 15.8. The second-order valence-electron chi connectivity index (χ2n) is 11.8. The summed E-state index contributed by atoms with van der Waals surface area (Å²) in [4.78, 5) is 4.77. The number of benzene rings is 8. The molecule has 0 saturated carbocycles. The zero-order valence-electron chi connectivity index (χ0n) is 25.2. The lowest BCUT2D eigenvalue weighted by Crippen LogP contribution is -2.15. The lowest BCUT2D eigenvalue weighted by molar-refractivity contribution is 1.26. The summed E-state index contributed by atoms with van der Waals surface area (Å²) in [5, 5.41) is 5.04. The van der Waals surface area contributed by atoms with Crippen LogP contribution in [0.3, 0.4) is 0 Å². The second-order valence-corrected chi connectivity index (χ2v) is 11.8. The van der Waals surface area contributed by atoms with E-state index in [4.69, 9.17) is 0 Å². The molecule has 0 atom stereocenters. The molecule has 0 bridgehead atoms. The van der Waals surface area contributed by atoms with Crippen molar-refractivity contribution in [3.8, 4) is 22.3 Å². The van der Waals surface area contributed by atoms with E-state index in [0.717, 1.165) is 22.7 Å². The number of fused-ring (bicyclic) bond motifs is 3. The fourth-order valence-corrected chi connectivity index (χ4v) is 7.00. The summed E-state index contributed by atoms with van der Waals surface area (Å²) in [5.41, 5.74) is 11.8. The molecule has 9 rings (SSSR count). The molecule has 2 nitrogen and oxygen atoms in total. The van der Waals surface area contributed by atoms with Crippen LogP contribution in [-0.4, -0.2) is 0 Å². The first-order chi connectivity index (χ1) is 22.8. The third kappa shape index (κ3) is 4.35. The standard InChI is InChI=1S/C44H30N2/c1-3-12-31(13-4-1)33-18-9-21-39(28-33)45(36-19-5-2-6-20-36)37-24-26-38(27-25-37)46-42-23-11-17-32-16-10-22-40(44(32)42)41-29-34-14-7-8-15-35(34)30-43(41)46/h1-30H. The number of hydrogen-bond donors (Lipinski definition) is 0. The molecule has 0 aliphatic carbocycles. The highest BCUT2D eigenvalue weighted by Gasteiger charge is 2.26. The molecule has 8 aromatic carbocycles. The summed E-state index contributed by atoms with van der Waals surface area (Å²) in [6.07, 6.45) is 0. The Labute approximate surface area is 269 Å². The van der Waals surface area contributed by atoms with E-state index in [1.165, 1.54) is 55.2 Å². The number of rotatable bonds is 5. The fourth-order valence-electron chi connectivity index (χ4n) is 7.00. The molecule has 0 aromatic heterocycles. The van der Waals surface area contributed by atoms with Gasteiger partial charge in [-0.15, -0.1) is 0 Å². The summed E-state index contributed by atoms with van der Waals surface area (Å²) in [7, 11) is 0. The monoisotopic (exact) mass is 586 g/mol. The van der Waals surface area contributed by atoms with Gasteiger partial charge in [-0.25, -0.2) is 0 Å². The van der Waals surface area contributed by atoms with Crippen molar-refractivity contribution in [1.82, 2.24) is 0 Å². The van der Waals surface area contributed by atoms with Crippen molar-refractivity contribution in [1.29, 1.82) is 0 Å². The third-order valence-electron chi connectivity index (χ3n) is 9.11. The summed E-state index contributed by atoms with van der Waals surface area (Å²) in [6.45, 7) is 0. The van der Waals surface area contributed by atoms with Crippen molar-refractivity contribution in [3.05, 3.63) is 182 Å². The van der Waals surface area contributed by atoms with E-state index in [1.54, 1.807) is 0 Å². The highest BCUT2D eigenvalue weighted by Crippen LogP contribution is 2.52. The molecule has 2 heteroatoms. The van der Waals surface area contributed by atoms with Gasteiger partial charge in [-0.2, -0.15) is 0 Å². The van der Waals surface area contributed by atoms with Crippen LogP contribution >= 0.6 is 0 Å². The number of anilines is 6. The van der Waals surface area contributed by atoms with E-state index in [2.05, 4.69) is 192 Å². The minimum Gasteiger partial charge on any atom is -0.310 e. The van der Waals surface area contributed by atoms with E-state index in [-0.39, 0.29) is 0 Å². The Hall–Kier alpha value is -6.12. The minimum atomic E-state index is 1.11. The van der Waals surface area contributed by atoms with Crippen LogP contribution in [0.2, 0.25) is 0 Å². The molecule has 216 valence electrons. The summed E-state index contributed by atoms with van der Waals surface area (Å²) in [6, 6.07) is 65.7. The quantitative estimate of drug-likeness (QED) is 0.198. The van der Waals surface area contributed by atoms with Gasteiger partial charge in [0.2, 0.25) is 0 Å². The van der Waals surface area contributed by atoms with Crippen molar-refractivity contribution in [3.63, 3.8) is 0 Å². The molecule has 1 aliphatic heterocycles.